The highest BCUT2D eigenvalue weighted by molar-refractivity contribution is 5.92. The summed E-state index contributed by atoms with van der Waals surface area (Å²) in [6.45, 7) is 5.39. The van der Waals surface area contributed by atoms with E-state index in [1.165, 1.54) is 0 Å². The van der Waals surface area contributed by atoms with Gasteiger partial charge in [-0.1, -0.05) is 6.08 Å². The van der Waals surface area contributed by atoms with Crippen LogP contribution < -0.4 is 0 Å². The van der Waals surface area contributed by atoms with Gasteiger partial charge in [-0.05, 0) is 39.7 Å². The third kappa shape index (κ3) is 2.35. The monoisotopic (exact) mass is 235 g/mol. The van der Waals surface area contributed by atoms with E-state index in [2.05, 4.69) is 4.98 Å². The molecule has 0 atom stereocenters. The Hall–Kier alpha value is -1.71. The molecule has 1 aromatic rings. The van der Waals surface area contributed by atoms with E-state index >= 15 is 0 Å². The highest BCUT2D eigenvalue weighted by Crippen LogP contribution is 2.32. The third-order valence-electron chi connectivity index (χ3n) is 2.56. The van der Waals surface area contributed by atoms with Gasteiger partial charge in [-0.2, -0.15) is 0 Å². The molecule has 4 nitrogen and oxygen atoms in total. The minimum absolute atomic E-state index is 0.0265. The minimum atomic E-state index is -0.565. The second-order valence-corrected chi connectivity index (χ2v) is 5.18. The van der Waals surface area contributed by atoms with Crippen molar-refractivity contribution in [3.05, 3.63) is 23.0 Å². The number of esters is 1. The predicted molar refractivity (Wildman–Crippen MR) is 65.0 cm³/mol. The van der Waals surface area contributed by atoms with Crippen LogP contribution in [0.25, 0.3) is 6.08 Å². The summed E-state index contributed by atoms with van der Waals surface area (Å²) in [5.74, 6) is -0.489. The Morgan fingerprint density at radius 2 is 2.18 bits per heavy atom. The number of aromatic amines is 1. The Bertz CT molecular complexity index is 478. The summed E-state index contributed by atoms with van der Waals surface area (Å²) in [5.41, 5.74) is 1.18. The molecule has 0 amide bonds. The maximum absolute atomic E-state index is 11.9. The van der Waals surface area contributed by atoms with Gasteiger partial charge in [0.2, 0.25) is 0 Å². The molecule has 2 rings (SSSR count). The number of carbonyl (C=O) groups excluding carboxylic acids is 1. The number of fused-ring (bicyclic) bond motifs is 1. The first-order valence-electron chi connectivity index (χ1n) is 5.72. The van der Waals surface area contributed by atoms with Gasteiger partial charge in [0.05, 0.1) is 0 Å². The van der Waals surface area contributed by atoms with E-state index in [4.69, 9.17) is 4.74 Å². The van der Waals surface area contributed by atoms with E-state index in [1.807, 2.05) is 12.2 Å². The third-order valence-corrected chi connectivity index (χ3v) is 2.56. The average Bonchev–Trinajstić information content (AvgIpc) is 2.55. The van der Waals surface area contributed by atoms with Gasteiger partial charge in [-0.3, -0.25) is 0 Å². The van der Waals surface area contributed by atoms with E-state index in [1.54, 1.807) is 20.8 Å². The van der Waals surface area contributed by atoms with Crippen molar-refractivity contribution >= 4 is 12.0 Å². The fraction of sp³-hybridized carbons (Fsp3) is 0.462. The summed E-state index contributed by atoms with van der Waals surface area (Å²) in [7, 11) is 0. The molecular weight excluding hydrogens is 218 g/mol. The Kier molecular flexibility index (Phi) is 2.73. The molecule has 0 spiro atoms. The van der Waals surface area contributed by atoms with Crippen LogP contribution in [0.4, 0.5) is 0 Å². The van der Waals surface area contributed by atoms with Crippen LogP contribution in [0.5, 0.6) is 5.75 Å². The van der Waals surface area contributed by atoms with E-state index in [-0.39, 0.29) is 11.4 Å². The summed E-state index contributed by atoms with van der Waals surface area (Å²) >= 11 is 0. The van der Waals surface area contributed by atoms with Crippen LogP contribution in [0.15, 0.2) is 6.08 Å². The Labute approximate surface area is 100 Å². The molecule has 0 saturated carbocycles. The molecule has 1 heterocycles. The molecule has 92 valence electrons. The number of nitrogens with one attached hydrogen (secondary N) is 1. The molecule has 0 radical (unpaired) electrons. The SMILES string of the molecule is CC(C)(C)OC(=O)c1[nH]c2c(c1O)CCC=C2. The van der Waals surface area contributed by atoms with Gasteiger partial charge >= 0.3 is 5.97 Å². The zero-order chi connectivity index (χ0) is 12.6. The van der Waals surface area contributed by atoms with Crippen molar-refractivity contribution in [3.8, 4) is 5.75 Å². The number of allylic oxidation sites excluding steroid dienone is 1. The van der Waals surface area contributed by atoms with E-state index < -0.39 is 11.6 Å². The highest BCUT2D eigenvalue weighted by Gasteiger charge is 2.26. The molecular formula is C13H17NO3. The highest BCUT2D eigenvalue weighted by atomic mass is 16.6. The maximum atomic E-state index is 11.9. The Balaban J connectivity index is 2.31. The number of aromatic nitrogens is 1. The van der Waals surface area contributed by atoms with Gasteiger partial charge in [0, 0.05) is 11.3 Å². The van der Waals surface area contributed by atoms with E-state index in [0.29, 0.717) is 0 Å². The van der Waals surface area contributed by atoms with Gasteiger partial charge in [0.15, 0.2) is 11.4 Å². The fourth-order valence-electron chi connectivity index (χ4n) is 1.85. The van der Waals surface area contributed by atoms with Crippen molar-refractivity contribution in [2.24, 2.45) is 0 Å². The van der Waals surface area contributed by atoms with Crippen LogP contribution in [0.2, 0.25) is 0 Å². The van der Waals surface area contributed by atoms with Gasteiger partial charge in [-0.25, -0.2) is 4.79 Å². The summed E-state index contributed by atoms with van der Waals surface area (Å²) in [6.07, 6.45) is 5.52. The number of hydrogen-bond donors (Lipinski definition) is 2. The molecule has 0 fully saturated rings. The number of ether oxygens (including phenoxy) is 1. The van der Waals surface area contributed by atoms with Crippen LogP contribution in [0.3, 0.4) is 0 Å². The lowest BCUT2D eigenvalue weighted by atomic mass is 10.0. The fourth-order valence-corrected chi connectivity index (χ4v) is 1.85. The molecule has 1 aromatic heterocycles. The predicted octanol–water partition coefficient (Wildman–Crippen LogP) is 2.64. The number of carbonyl (C=O) groups is 1. The summed E-state index contributed by atoms with van der Waals surface area (Å²) in [5, 5.41) is 9.98. The minimum Gasteiger partial charge on any atom is -0.505 e. The lowest BCUT2D eigenvalue weighted by Gasteiger charge is -2.18. The number of H-pyrrole nitrogens is 1. The molecule has 0 aromatic carbocycles. The molecule has 0 aliphatic heterocycles. The van der Waals surface area contributed by atoms with Gasteiger partial charge in [0.1, 0.15) is 5.60 Å². The van der Waals surface area contributed by atoms with Gasteiger partial charge in [0.25, 0.3) is 0 Å². The molecule has 17 heavy (non-hydrogen) atoms. The van der Waals surface area contributed by atoms with Gasteiger partial charge < -0.3 is 14.8 Å². The van der Waals surface area contributed by atoms with Crippen molar-refractivity contribution in [3.63, 3.8) is 0 Å². The Morgan fingerprint density at radius 3 is 2.76 bits per heavy atom. The first-order chi connectivity index (χ1) is 7.88. The average molecular weight is 235 g/mol. The normalized spacial score (nSPS) is 14.5. The van der Waals surface area contributed by atoms with Crippen LogP contribution in [-0.2, 0) is 11.2 Å². The number of rotatable bonds is 1. The quantitative estimate of drug-likeness (QED) is 0.735. The summed E-state index contributed by atoms with van der Waals surface area (Å²) in [6, 6.07) is 0. The largest absolute Gasteiger partial charge is 0.505 e. The topological polar surface area (TPSA) is 62.3 Å². The second-order valence-electron chi connectivity index (χ2n) is 5.18. The maximum Gasteiger partial charge on any atom is 0.359 e. The summed E-state index contributed by atoms with van der Waals surface area (Å²) < 4.78 is 5.23. The second kappa shape index (κ2) is 3.95. The first-order valence-corrected chi connectivity index (χ1v) is 5.72. The van der Waals surface area contributed by atoms with Crippen molar-refractivity contribution in [2.45, 2.75) is 39.2 Å². The lowest BCUT2D eigenvalue weighted by molar-refractivity contribution is 0.00607. The molecule has 0 saturated heterocycles. The summed E-state index contributed by atoms with van der Waals surface area (Å²) in [4.78, 5) is 14.8. The van der Waals surface area contributed by atoms with Crippen molar-refractivity contribution < 1.29 is 14.6 Å². The zero-order valence-electron chi connectivity index (χ0n) is 10.3. The molecule has 0 unspecified atom stereocenters. The van der Waals surface area contributed by atoms with Crippen LogP contribution in [0, 0.1) is 0 Å². The van der Waals surface area contributed by atoms with Crippen LogP contribution >= 0.6 is 0 Å². The zero-order valence-corrected chi connectivity index (χ0v) is 10.3. The molecule has 1 aliphatic rings. The Morgan fingerprint density at radius 1 is 1.47 bits per heavy atom. The number of hydrogen-bond acceptors (Lipinski definition) is 3. The van der Waals surface area contributed by atoms with Crippen LogP contribution in [-0.4, -0.2) is 21.7 Å². The van der Waals surface area contributed by atoms with E-state index in [0.717, 1.165) is 24.1 Å². The molecule has 4 heteroatoms. The van der Waals surface area contributed by atoms with Crippen LogP contribution in [0.1, 0.15) is 48.9 Å². The standard InChI is InChI=1S/C13H17NO3/c1-13(2,3)17-12(16)10-11(15)8-6-4-5-7-9(8)14-10/h5,7,14-15H,4,6H2,1-3H3. The van der Waals surface area contributed by atoms with Gasteiger partial charge in [-0.15, -0.1) is 0 Å². The van der Waals surface area contributed by atoms with Crippen molar-refractivity contribution in [1.29, 1.82) is 0 Å². The van der Waals surface area contributed by atoms with Crippen molar-refractivity contribution in [1.82, 2.24) is 4.98 Å². The lowest BCUT2D eigenvalue weighted by Crippen LogP contribution is -2.24. The molecule has 2 N–H and O–H groups in total. The smallest absolute Gasteiger partial charge is 0.359 e. The molecule has 0 bridgehead atoms. The molecule has 1 aliphatic carbocycles. The first kappa shape index (κ1) is 11.8. The number of aromatic hydroxyl groups is 1. The van der Waals surface area contributed by atoms with E-state index in [9.17, 15) is 9.90 Å². The van der Waals surface area contributed by atoms with Crippen molar-refractivity contribution in [2.75, 3.05) is 0 Å².